The molecule has 0 aromatic carbocycles. The molecule has 80 valence electrons. The smallest absolute Gasteiger partial charge is 0.246 e. The van der Waals surface area contributed by atoms with Crippen LogP contribution in [0.3, 0.4) is 0 Å². The highest BCUT2D eigenvalue weighted by molar-refractivity contribution is 14.1. The third kappa shape index (κ3) is 3.59. The number of amides is 1. The number of likely N-dealkylation sites (tertiary alicyclic amines) is 1. The van der Waals surface area contributed by atoms with Gasteiger partial charge in [-0.05, 0) is 24.3 Å². The molecular formula is C11H18INO. The summed E-state index contributed by atoms with van der Waals surface area (Å²) in [6.07, 6.45) is 6.09. The molecule has 0 atom stereocenters. The SMILES string of the molecule is CC(C)(/C=C/C(=O)N1CCCC1)CI. The molecule has 1 heterocycles. The number of alkyl halides is 1. The number of carbonyl (C=O) groups is 1. The van der Waals surface area contributed by atoms with Crippen molar-refractivity contribution >= 4 is 28.5 Å². The zero-order valence-electron chi connectivity index (χ0n) is 8.92. The average Bonchev–Trinajstić information content (AvgIpc) is 2.67. The van der Waals surface area contributed by atoms with Gasteiger partial charge in [-0.25, -0.2) is 0 Å². The van der Waals surface area contributed by atoms with Crippen molar-refractivity contribution in [3.8, 4) is 0 Å². The van der Waals surface area contributed by atoms with Gasteiger partial charge in [-0.2, -0.15) is 0 Å². The highest BCUT2D eigenvalue weighted by Gasteiger charge is 2.17. The minimum absolute atomic E-state index is 0.135. The van der Waals surface area contributed by atoms with Gasteiger partial charge in [-0.1, -0.05) is 42.5 Å². The molecule has 14 heavy (non-hydrogen) atoms. The minimum atomic E-state index is 0.135. The highest BCUT2D eigenvalue weighted by atomic mass is 127. The molecule has 0 bridgehead atoms. The summed E-state index contributed by atoms with van der Waals surface area (Å²) in [6, 6.07) is 0. The Morgan fingerprint density at radius 2 is 2.00 bits per heavy atom. The van der Waals surface area contributed by atoms with E-state index >= 15 is 0 Å². The van der Waals surface area contributed by atoms with Gasteiger partial charge in [0.05, 0.1) is 0 Å². The number of nitrogens with zero attached hydrogens (tertiary/aromatic N) is 1. The Morgan fingerprint density at radius 1 is 1.43 bits per heavy atom. The number of hydrogen-bond acceptors (Lipinski definition) is 1. The summed E-state index contributed by atoms with van der Waals surface area (Å²) in [7, 11) is 0. The molecular weight excluding hydrogens is 289 g/mol. The quantitative estimate of drug-likeness (QED) is 0.446. The van der Waals surface area contributed by atoms with E-state index in [1.165, 1.54) is 0 Å². The molecule has 3 heteroatoms. The zero-order chi connectivity index (χ0) is 10.6. The van der Waals surface area contributed by atoms with Crippen molar-refractivity contribution in [2.24, 2.45) is 5.41 Å². The largest absolute Gasteiger partial charge is 0.339 e. The zero-order valence-corrected chi connectivity index (χ0v) is 11.1. The summed E-state index contributed by atoms with van der Waals surface area (Å²) in [6.45, 7) is 6.17. The molecule has 1 fully saturated rings. The number of halogens is 1. The van der Waals surface area contributed by atoms with Gasteiger partial charge in [-0.3, -0.25) is 4.79 Å². The first-order valence-corrected chi connectivity index (χ1v) is 6.62. The lowest BCUT2D eigenvalue weighted by Crippen LogP contribution is -2.26. The molecule has 1 rings (SSSR count). The van der Waals surface area contributed by atoms with Gasteiger partial charge in [0.2, 0.25) is 5.91 Å². The van der Waals surface area contributed by atoms with Crippen LogP contribution >= 0.6 is 22.6 Å². The van der Waals surface area contributed by atoms with Crippen molar-refractivity contribution in [2.45, 2.75) is 26.7 Å². The van der Waals surface area contributed by atoms with E-state index in [0.717, 1.165) is 30.4 Å². The summed E-state index contributed by atoms with van der Waals surface area (Å²) in [5, 5.41) is 0. The monoisotopic (exact) mass is 307 g/mol. The van der Waals surface area contributed by atoms with Crippen LogP contribution in [0.25, 0.3) is 0 Å². The molecule has 0 aliphatic carbocycles. The maximum atomic E-state index is 11.6. The normalized spacial score (nSPS) is 18.1. The lowest BCUT2D eigenvalue weighted by molar-refractivity contribution is -0.125. The molecule has 0 spiro atoms. The van der Waals surface area contributed by atoms with E-state index in [9.17, 15) is 4.79 Å². The Morgan fingerprint density at radius 3 is 2.50 bits per heavy atom. The van der Waals surface area contributed by atoms with Gasteiger partial charge in [0, 0.05) is 17.5 Å². The number of hydrogen-bond donors (Lipinski definition) is 0. The highest BCUT2D eigenvalue weighted by Crippen LogP contribution is 2.20. The van der Waals surface area contributed by atoms with E-state index < -0.39 is 0 Å². The standard InChI is InChI=1S/C11H18INO/c1-11(2,9-12)6-5-10(14)13-7-3-4-8-13/h5-6H,3-4,7-9H2,1-2H3/b6-5+. The molecule has 0 aromatic rings. The first-order chi connectivity index (χ1) is 6.55. The number of carbonyl (C=O) groups excluding carboxylic acids is 1. The van der Waals surface area contributed by atoms with Crippen LogP contribution in [0, 0.1) is 5.41 Å². The fourth-order valence-electron chi connectivity index (χ4n) is 1.38. The van der Waals surface area contributed by atoms with E-state index in [-0.39, 0.29) is 11.3 Å². The van der Waals surface area contributed by atoms with Crippen LogP contribution in [-0.2, 0) is 4.79 Å². The van der Waals surface area contributed by atoms with Crippen molar-refractivity contribution in [1.29, 1.82) is 0 Å². The molecule has 1 amide bonds. The van der Waals surface area contributed by atoms with E-state index in [2.05, 4.69) is 36.4 Å². The maximum Gasteiger partial charge on any atom is 0.246 e. The molecule has 0 radical (unpaired) electrons. The van der Waals surface area contributed by atoms with E-state index in [1.54, 1.807) is 6.08 Å². The second-order valence-corrected chi connectivity index (χ2v) is 5.25. The Balaban J connectivity index is 2.46. The second-order valence-electron chi connectivity index (χ2n) is 4.49. The van der Waals surface area contributed by atoms with Crippen molar-refractivity contribution < 1.29 is 4.79 Å². The minimum Gasteiger partial charge on any atom is -0.339 e. The average molecular weight is 307 g/mol. The second kappa shape index (κ2) is 5.14. The Hall–Kier alpha value is -0.0600. The molecule has 1 saturated heterocycles. The van der Waals surface area contributed by atoms with Gasteiger partial charge in [0.15, 0.2) is 0 Å². The fraction of sp³-hybridized carbons (Fsp3) is 0.727. The molecule has 0 saturated carbocycles. The van der Waals surface area contributed by atoms with Crippen molar-refractivity contribution in [3.05, 3.63) is 12.2 Å². The van der Waals surface area contributed by atoms with Gasteiger partial charge < -0.3 is 4.90 Å². The van der Waals surface area contributed by atoms with E-state index in [4.69, 9.17) is 0 Å². The van der Waals surface area contributed by atoms with Crippen molar-refractivity contribution in [1.82, 2.24) is 4.90 Å². The first-order valence-electron chi connectivity index (χ1n) is 5.09. The Labute approximate surface area is 99.9 Å². The Bertz CT molecular complexity index is 229. The summed E-state index contributed by atoms with van der Waals surface area (Å²) in [4.78, 5) is 13.6. The predicted molar refractivity (Wildman–Crippen MR) is 67.6 cm³/mol. The summed E-state index contributed by atoms with van der Waals surface area (Å²) < 4.78 is 1.04. The van der Waals surface area contributed by atoms with Gasteiger partial charge in [0.25, 0.3) is 0 Å². The van der Waals surface area contributed by atoms with Crippen LogP contribution in [-0.4, -0.2) is 28.3 Å². The number of allylic oxidation sites excluding steroid dienone is 1. The van der Waals surface area contributed by atoms with Gasteiger partial charge in [0.1, 0.15) is 0 Å². The van der Waals surface area contributed by atoms with Gasteiger partial charge >= 0.3 is 0 Å². The first kappa shape index (κ1) is 12.0. The van der Waals surface area contributed by atoms with Crippen LogP contribution < -0.4 is 0 Å². The summed E-state index contributed by atoms with van der Waals surface area (Å²) >= 11 is 2.35. The molecule has 0 aromatic heterocycles. The molecule has 0 N–H and O–H groups in total. The van der Waals surface area contributed by atoms with E-state index in [0.29, 0.717) is 0 Å². The fourth-order valence-corrected chi connectivity index (χ4v) is 1.64. The Kier molecular flexibility index (Phi) is 4.41. The van der Waals surface area contributed by atoms with Crippen molar-refractivity contribution in [3.63, 3.8) is 0 Å². The lowest BCUT2D eigenvalue weighted by Gasteiger charge is -2.17. The third-order valence-electron chi connectivity index (χ3n) is 2.44. The third-order valence-corrected chi connectivity index (χ3v) is 4.41. The summed E-state index contributed by atoms with van der Waals surface area (Å²) in [5.41, 5.74) is 0.135. The number of rotatable bonds is 3. The van der Waals surface area contributed by atoms with Crippen LogP contribution in [0.2, 0.25) is 0 Å². The maximum absolute atomic E-state index is 11.6. The predicted octanol–water partition coefficient (Wildman–Crippen LogP) is 2.63. The van der Waals surface area contributed by atoms with Crippen LogP contribution in [0.5, 0.6) is 0 Å². The molecule has 0 unspecified atom stereocenters. The topological polar surface area (TPSA) is 20.3 Å². The van der Waals surface area contributed by atoms with Crippen molar-refractivity contribution in [2.75, 3.05) is 17.5 Å². The lowest BCUT2D eigenvalue weighted by atomic mass is 9.96. The van der Waals surface area contributed by atoms with Crippen LogP contribution in [0.4, 0.5) is 0 Å². The van der Waals surface area contributed by atoms with Crippen LogP contribution in [0.1, 0.15) is 26.7 Å². The van der Waals surface area contributed by atoms with E-state index in [1.807, 2.05) is 11.0 Å². The van der Waals surface area contributed by atoms with Gasteiger partial charge in [-0.15, -0.1) is 0 Å². The molecule has 2 nitrogen and oxygen atoms in total. The molecule has 1 aliphatic heterocycles. The molecule has 1 aliphatic rings. The summed E-state index contributed by atoms with van der Waals surface area (Å²) in [5.74, 6) is 0.181. The van der Waals surface area contributed by atoms with Crippen LogP contribution in [0.15, 0.2) is 12.2 Å².